The SMILES string of the molecule is CC(C)n1c(SCC(=O)Nc2cccnc2Cl)nnc1-c1csc2ccccc12. The molecule has 3 aromatic heterocycles. The minimum atomic E-state index is -0.175. The number of carbonyl (C=O) groups excluding carboxylic acids is 1. The van der Waals surface area contributed by atoms with Crippen molar-refractivity contribution in [1.29, 1.82) is 0 Å². The Morgan fingerprint density at radius 3 is 2.86 bits per heavy atom. The highest BCUT2D eigenvalue weighted by Crippen LogP contribution is 2.35. The van der Waals surface area contributed by atoms with Gasteiger partial charge in [-0.1, -0.05) is 41.6 Å². The molecule has 0 aliphatic rings. The van der Waals surface area contributed by atoms with Gasteiger partial charge in [-0.05, 0) is 32.0 Å². The number of anilines is 1. The van der Waals surface area contributed by atoms with E-state index in [2.05, 4.69) is 56.4 Å². The summed E-state index contributed by atoms with van der Waals surface area (Å²) in [6.45, 7) is 4.17. The predicted molar refractivity (Wildman–Crippen MR) is 120 cm³/mol. The first-order valence-corrected chi connectivity index (χ1v) is 11.2. The summed E-state index contributed by atoms with van der Waals surface area (Å²) in [6.07, 6.45) is 1.58. The molecule has 3 heterocycles. The fourth-order valence-corrected chi connectivity index (χ4v) is 4.94. The Bertz CT molecular complexity index is 1170. The molecule has 0 fully saturated rings. The van der Waals surface area contributed by atoms with Crippen molar-refractivity contribution in [2.24, 2.45) is 0 Å². The largest absolute Gasteiger partial charge is 0.323 e. The summed E-state index contributed by atoms with van der Waals surface area (Å²) in [5, 5.41) is 15.8. The normalized spacial score (nSPS) is 11.3. The quantitative estimate of drug-likeness (QED) is 0.313. The molecule has 1 aromatic carbocycles. The highest BCUT2D eigenvalue weighted by Gasteiger charge is 2.20. The Morgan fingerprint density at radius 2 is 2.07 bits per heavy atom. The van der Waals surface area contributed by atoms with E-state index >= 15 is 0 Å². The van der Waals surface area contributed by atoms with Crippen LogP contribution in [0.15, 0.2) is 53.1 Å². The van der Waals surface area contributed by atoms with Crippen LogP contribution in [0.3, 0.4) is 0 Å². The maximum Gasteiger partial charge on any atom is 0.234 e. The zero-order valence-electron chi connectivity index (χ0n) is 15.8. The molecule has 29 heavy (non-hydrogen) atoms. The second-order valence-electron chi connectivity index (χ2n) is 6.59. The number of aromatic nitrogens is 4. The van der Waals surface area contributed by atoms with E-state index in [1.54, 1.807) is 29.7 Å². The highest BCUT2D eigenvalue weighted by molar-refractivity contribution is 7.99. The molecule has 4 rings (SSSR count). The van der Waals surface area contributed by atoms with E-state index in [1.807, 2.05) is 12.1 Å². The molecule has 0 aliphatic carbocycles. The van der Waals surface area contributed by atoms with E-state index in [0.717, 1.165) is 16.8 Å². The van der Waals surface area contributed by atoms with Crippen LogP contribution >= 0.6 is 34.7 Å². The monoisotopic (exact) mass is 443 g/mol. The molecular weight excluding hydrogens is 426 g/mol. The number of rotatable bonds is 6. The molecule has 0 radical (unpaired) electrons. The zero-order valence-corrected chi connectivity index (χ0v) is 18.2. The van der Waals surface area contributed by atoms with Crippen LogP contribution in [0.4, 0.5) is 5.69 Å². The van der Waals surface area contributed by atoms with Gasteiger partial charge in [0.25, 0.3) is 0 Å². The van der Waals surface area contributed by atoms with Gasteiger partial charge in [0.15, 0.2) is 16.1 Å². The molecule has 1 N–H and O–H groups in total. The number of nitrogens with one attached hydrogen (secondary N) is 1. The number of amides is 1. The Morgan fingerprint density at radius 1 is 1.24 bits per heavy atom. The second-order valence-corrected chi connectivity index (χ2v) is 8.81. The molecule has 0 unspecified atom stereocenters. The Labute approximate surface area is 181 Å². The van der Waals surface area contributed by atoms with E-state index in [-0.39, 0.29) is 22.9 Å². The van der Waals surface area contributed by atoms with Gasteiger partial charge in [0.05, 0.1) is 11.4 Å². The number of hydrogen-bond donors (Lipinski definition) is 1. The van der Waals surface area contributed by atoms with Crippen molar-refractivity contribution in [3.8, 4) is 11.4 Å². The average Bonchev–Trinajstić information content (AvgIpc) is 3.32. The van der Waals surface area contributed by atoms with E-state index in [4.69, 9.17) is 11.6 Å². The van der Waals surface area contributed by atoms with Crippen LogP contribution in [0.1, 0.15) is 19.9 Å². The number of thioether (sulfide) groups is 1. The molecule has 1 amide bonds. The summed E-state index contributed by atoms with van der Waals surface area (Å²) >= 11 is 9.04. The summed E-state index contributed by atoms with van der Waals surface area (Å²) < 4.78 is 3.28. The Kier molecular flexibility index (Phi) is 5.84. The van der Waals surface area contributed by atoms with Crippen molar-refractivity contribution in [2.45, 2.75) is 25.0 Å². The van der Waals surface area contributed by atoms with Crippen LogP contribution < -0.4 is 5.32 Å². The predicted octanol–water partition coefficient (Wildman–Crippen LogP) is 5.52. The van der Waals surface area contributed by atoms with Gasteiger partial charge in [-0.15, -0.1) is 21.5 Å². The molecule has 9 heteroatoms. The van der Waals surface area contributed by atoms with Crippen LogP contribution in [0.2, 0.25) is 5.15 Å². The van der Waals surface area contributed by atoms with Crippen LogP contribution in [-0.2, 0) is 4.79 Å². The smallest absolute Gasteiger partial charge is 0.234 e. The van der Waals surface area contributed by atoms with Gasteiger partial charge >= 0.3 is 0 Å². The molecule has 0 atom stereocenters. The first-order valence-electron chi connectivity index (χ1n) is 8.99. The molecule has 4 aromatic rings. The Balaban J connectivity index is 1.56. The minimum absolute atomic E-state index is 0.150. The van der Waals surface area contributed by atoms with Crippen molar-refractivity contribution < 1.29 is 4.79 Å². The number of nitrogens with zero attached hydrogens (tertiary/aromatic N) is 4. The topological polar surface area (TPSA) is 72.7 Å². The fraction of sp³-hybridized carbons (Fsp3) is 0.200. The van der Waals surface area contributed by atoms with Gasteiger partial charge in [-0.3, -0.25) is 9.36 Å². The summed E-state index contributed by atoms with van der Waals surface area (Å²) in [6, 6.07) is 11.8. The van der Waals surface area contributed by atoms with Crippen LogP contribution in [0, 0.1) is 0 Å². The molecule has 148 valence electrons. The van der Waals surface area contributed by atoms with E-state index in [0.29, 0.717) is 10.8 Å². The number of halogens is 1. The molecule has 0 bridgehead atoms. The standard InChI is InChI=1S/C20H18ClN5OS2/c1-12(2)26-19(14-10-28-16-8-4-3-6-13(14)16)24-25-20(26)29-11-17(27)23-15-7-5-9-22-18(15)21/h3-10,12H,11H2,1-2H3,(H,23,27). The molecule has 0 saturated heterocycles. The maximum atomic E-state index is 12.4. The summed E-state index contributed by atoms with van der Waals surface area (Å²) in [5.74, 6) is 0.835. The first kappa shape index (κ1) is 19.9. The van der Waals surface area contributed by atoms with Crippen molar-refractivity contribution >= 4 is 56.4 Å². The van der Waals surface area contributed by atoms with Gasteiger partial charge < -0.3 is 5.32 Å². The number of thiophene rings is 1. The molecule has 0 aliphatic heterocycles. The highest BCUT2D eigenvalue weighted by atomic mass is 35.5. The lowest BCUT2D eigenvalue weighted by Gasteiger charge is -2.13. The molecule has 0 saturated carbocycles. The zero-order chi connectivity index (χ0) is 20.4. The van der Waals surface area contributed by atoms with Crippen LogP contribution in [0.25, 0.3) is 21.5 Å². The number of carbonyl (C=O) groups is 1. The van der Waals surface area contributed by atoms with Crippen molar-refractivity contribution in [3.05, 3.63) is 53.1 Å². The van der Waals surface area contributed by atoms with Gasteiger partial charge in [-0.2, -0.15) is 0 Å². The third kappa shape index (κ3) is 4.14. The number of benzene rings is 1. The number of pyridine rings is 1. The fourth-order valence-electron chi connectivity index (χ4n) is 2.97. The van der Waals surface area contributed by atoms with Gasteiger partial charge in [0, 0.05) is 33.3 Å². The summed E-state index contributed by atoms with van der Waals surface area (Å²) in [4.78, 5) is 16.3. The number of fused-ring (bicyclic) bond motifs is 1. The van der Waals surface area contributed by atoms with Crippen LogP contribution in [-0.4, -0.2) is 31.4 Å². The van der Waals surface area contributed by atoms with Crippen molar-refractivity contribution in [2.75, 3.05) is 11.1 Å². The van der Waals surface area contributed by atoms with E-state index < -0.39 is 0 Å². The van der Waals surface area contributed by atoms with E-state index in [1.165, 1.54) is 16.5 Å². The number of hydrogen-bond acceptors (Lipinski definition) is 6. The minimum Gasteiger partial charge on any atom is -0.323 e. The van der Waals surface area contributed by atoms with Gasteiger partial charge in [-0.25, -0.2) is 4.98 Å². The summed E-state index contributed by atoms with van der Waals surface area (Å²) in [7, 11) is 0. The van der Waals surface area contributed by atoms with E-state index in [9.17, 15) is 4.79 Å². The van der Waals surface area contributed by atoms with Gasteiger partial charge in [0.2, 0.25) is 5.91 Å². The van der Waals surface area contributed by atoms with Crippen molar-refractivity contribution in [3.63, 3.8) is 0 Å². The first-order chi connectivity index (χ1) is 14.0. The van der Waals surface area contributed by atoms with Crippen molar-refractivity contribution in [1.82, 2.24) is 19.7 Å². The van der Waals surface area contributed by atoms with Crippen LogP contribution in [0.5, 0.6) is 0 Å². The molecular formula is C20H18ClN5OS2. The van der Waals surface area contributed by atoms with Gasteiger partial charge in [0.1, 0.15) is 0 Å². The third-order valence-corrected chi connectivity index (χ3v) is 6.48. The molecule has 6 nitrogen and oxygen atoms in total. The lowest BCUT2D eigenvalue weighted by Crippen LogP contribution is -2.15. The summed E-state index contributed by atoms with van der Waals surface area (Å²) in [5.41, 5.74) is 1.56. The second kappa shape index (κ2) is 8.52. The lowest BCUT2D eigenvalue weighted by atomic mass is 10.1. The maximum absolute atomic E-state index is 12.4. The Hall–Kier alpha value is -2.42. The third-order valence-electron chi connectivity index (χ3n) is 4.27. The molecule has 0 spiro atoms. The average molecular weight is 444 g/mol. The lowest BCUT2D eigenvalue weighted by molar-refractivity contribution is -0.113.